The van der Waals surface area contributed by atoms with Crippen molar-refractivity contribution in [2.45, 2.75) is 26.6 Å². The fourth-order valence-electron chi connectivity index (χ4n) is 2.62. The van der Waals surface area contributed by atoms with E-state index in [0.717, 1.165) is 16.8 Å². The molecule has 0 aliphatic rings. The van der Waals surface area contributed by atoms with Gasteiger partial charge in [0.25, 0.3) is 5.91 Å². The molecule has 1 unspecified atom stereocenters. The summed E-state index contributed by atoms with van der Waals surface area (Å²) < 4.78 is 10.9. The van der Waals surface area contributed by atoms with Crippen LogP contribution < -0.4 is 10.1 Å². The highest BCUT2D eigenvalue weighted by atomic mass is 16.6. The van der Waals surface area contributed by atoms with E-state index in [0.29, 0.717) is 11.3 Å². The van der Waals surface area contributed by atoms with Crippen molar-refractivity contribution in [1.82, 2.24) is 0 Å². The lowest BCUT2D eigenvalue weighted by Crippen LogP contribution is -2.26. The summed E-state index contributed by atoms with van der Waals surface area (Å²) >= 11 is 0. The lowest BCUT2D eigenvalue weighted by atomic mass is 10.2. The summed E-state index contributed by atoms with van der Waals surface area (Å²) in [5.74, 6) is -0.174. The highest BCUT2D eigenvalue weighted by molar-refractivity contribution is 6.04. The maximum absolute atomic E-state index is 12.3. The van der Waals surface area contributed by atoms with E-state index in [4.69, 9.17) is 9.47 Å². The maximum atomic E-state index is 12.3. The van der Waals surface area contributed by atoms with Crippen molar-refractivity contribution < 1.29 is 19.1 Å². The molecule has 29 heavy (non-hydrogen) atoms. The van der Waals surface area contributed by atoms with Crippen LogP contribution in [0.1, 0.15) is 28.4 Å². The number of amides is 1. The molecule has 1 N–H and O–H groups in total. The number of ether oxygens (including phenoxy) is 2. The summed E-state index contributed by atoms with van der Waals surface area (Å²) in [4.78, 5) is 24.4. The van der Waals surface area contributed by atoms with Crippen LogP contribution >= 0.6 is 0 Å². The SMILES string of the molecule is Cc1ccc(NC(=O)c2ccc(OC(C)C(=O)OCc3ccccc3)cc2)cc1. The fraction of sp³-hybridized carbons (Fsp3) is 0.167. The predicted molar refractivity (Wildman–Crippen MR) is 112 cm³/mol. The number of esters is 1. The molecular weight excluding hydrogens is 366 g/mol. The summed E-state index contributed by atoms with van der Waals surface area (Å²) in [5, 5.41) is 2.84. The van der Waals surface area contributed by atoms with E-state index >= 15 is 0 Å². The van der Waals surface area contributed by atoms with Crippen LogP contribution in [0.2, 0.25) is 0 Å². The van der Waals surface area contributed by atoms with E-state index in [1.807, 2.05) is 61.5 Å². The molecule has 1 amide bonds. The second kappa shape index (κ2) is 9.55. The first-order chi connectivity index (χ1) is 14.0. The monoisotopic (exact) mass is 389 g/mol. The molecule has 3 aromatic rings. The van der Waals surface area contributed by atoms with Gasteiger partial charge in [-0.3, -0.25) is 4.79 Å². The minimum atomic E-state index is -0.758. The van der Waals surface area contributed by atoms with Crippen LogP contribution in [0.3, 0.4) is 0 Å². The molecular formula is C24H23NO4. The number of aryl methyl sites for hydroxylation is 1. The van der Waals surface area contributed by atoms with Crippen LogP contribution in [0.25, 0.3) is 0 Å². The van der Waals surface area contributed by atoms with E-state index in [-0.39, 0.29) is 12.5 Å². The molecule has 3 aromatic carbocycles. The molecule has 0 aromatic heterocycles. The van der Waals surface area contributed by atoms with Gasteiger partial charge >= 0.3 is 5.97 Å². The Labute approximate surface area is 170 Å². The Morgan fingerprint density at radius 2 is 1.55 bits per heavy atom. The second-order valence-electron chi connectivity index (χ2n) is 6.70. The number of carbonyl (C=O) groups is 2. The van der Waals surface area contributed by atoms with Crippen molar-refractivity contribution in [3.63, 3.8) is 0 Å². The lowest BCUT2D eigenvalue weighted by Gasteiger charge is -2.14. The van der Waals surface area contributed by atoms with E-state index in [2.05, 4.69) is 5.32 Å². The van der Waals surface area contributed by atoms with Crippen LogP contribution in [0.15, 0.2) is 78.9 Å². The molecule has 5 heteroatoms. The maximum Gasteiger partial charge on any atom is 0.347 e. The quantitative estimate of drug-likeness (QED) is 0.592. The number of benzene rings is 3. The van der Waals surface area contributed by atoms with Crippen LogP contribution in [-0.4, -0.2) is 18.0 Å². The largest absolute Gasteiger partial charge is 0.479 e. The zero-order valence-electron chi connectivity index (χ0n) is 16.4. The Kier molecular flexibility index (Phi) is 6.63. The molecule has 0 heterocycles. The van der Waals surface area contributed by atoms with Crippen LogP contribution in [0.5, 0.6) is 5.75 Å². The third-order valence-corrected chi connectivity index (χ3v) is 4.29. The van der Waals surface area contributed by atoms with E-state index in [1.54, 1.807) is 31.2 Å². The van der Waals surface area contributed by atoms with Gasteiger partial charge in [-0.2, -0.15) is 0 Å². The Morgan fingerprint density at radius 3 is 2.21 bits per heavy atom. The number of nitrogens with one attached hydrogen (secondary N) is 1. The van der Waals surface area contributed by atoms with Gasteiger partial charge in [0.2, 0.25) is 0 Å². The third kappa shape index (κ3) is 5.94. The summed E-state index contributed by atoms with van der Waals surface area (Å²) in [6.07, 6.45) is -0.758. The van der Waals surface area contributed by atoms with Gasteiger partial charge in [0.1, 0.15) is 12.4 Å². The predicted octanol–water partition coefficient (Wildman–Crippen LogP) is 4.76. The van der Waals surface area contributed by atoms with Gasteiger partial charge in [0.15, 0.2) is 6.10 Å². The molecule has 0 bridgehead atoms. The molecule has 0 aliphatic heterocycles. The topological polar surface area (TPSA) is 64.6 Å². The number of hydrogen-bond acceptors (Lipinski definition) is 4. The Bertz CT molecular complexity index is 950. The normalized spacial score (nSPS) is 11.4. The van der Waals surface area contributed by atoms with Crippen molar-refractivity contribution in [2.75, 3.05) is 5.32 Å². The van der Waals surface area contributed by atoms with Crippen molar-refractivity contribution in [2.24, 2.45) is 0 Å². The van der Waals surface area contributed by atoms with Crippen molar-refractivity contribution >= 4 is 17.6 Å². The molecule has 148 valence electrons. The minimum absolute atomic E-state index is 0.200. The molecule has 0 aliphatic carbocycles. The second-order valence-corrected chi connectivity index (χ2v) is 6.70. The molecule has 3 rings (SSSR count). The summed E-state index contributed by atoms with van der Waals surface area (Å²) in [5.41, 5.74) is 3.27. The Morgan fingerprint density at radius 1 is 0.897 bits per heavy atom. The smallest absolute Gasteiger partial charge is 0.347 e. The fourth-order valence-corrected chi connectivity index (χ4v) is 2.62. The minimum Gasteiger partial charge on any atom is -0.479 e. The molecule has 0 spiro atoms. The van der Waals surface area contributed by atoms with Gasteiger partial charge < -0.3 is 14.8 Å². The van der Waals surface area contributed by atoms with Crippen molar-refractivity contribution in [3.05, 3.63) is 95.6 Å². The average Bonchev–Trinajstić information content (AvgIpc) is 2.74. The van der Waals surface area contributed by atoms with Crippen LogP contribution in [0.4, 0.5) is 5.69 Å². The van der Waals surface area contributed by atoms with Gasteiger partial charge in [-0.15, -0.1) is 0 Å². The zero-order valence-corrected chi connectivity index (χ0v) is 16.4. The first-order valence-electron chi connectivity index (χ1n) is 9.36. The molecule has 0 saturated carbocycles. The van der Waals surface area contributed by atoms with Gasteiger partial charge in [0, 0.05) is 11.3 Å². The molecule has 0 radical (unpaired) electrons. The van der Waals surface area contributed by atoms with E-state index < -0.39 is 12.1 Å². The van der Waals surface area contributed by atoms with Crippen molar-refractivity contribution in [1.29, 1.82) is 0 Å². The Balaban J connectivity index is 1.51. The zero-order chi connectivity index (χ0) is 20.6. The average molecular weight is 389 g/mol. The summed E-state index contributed by atoms with van der Waals surface area (Å²) in [6, 6.07) is 23.7. The third-order valence-electron chi connectivity index (χ3n) is 4.29. The highest BCUT2D eigenvalue weighted by Gasteiger charge is 2.17. The van der Waals surface area contributed by atoms with Gasteiger partial charge in [-0.1, -0.05) is 48.0 Å². The van der Waals surface area contributed by atoms with Gasteiger partial charge in [0.05, 0.1) is 0 Å². The summed E-state index contributed by atoms with van der Waals surface area (Å²) in [7, 11) is 0. The lowest BCUT2D eigenvalue weighted by molar-refractivity contribution is -0.152. The van der Waals surface area contributed by atoms with Crippen LogP contribution in [-0.2, 0) is 16.1 Å². The first-order valence-corrected chi connectivity index (χ1v) is 9.36. The van der Waals surface area contributed by atoms with E-state index in [1.165, 1.54) is 0 Å². The molecule has 5 nitrogen and oxygen atoms in total. The first kappa shape index (κ1) is 20.1. The number of anilines is 1. The van der Waals surface area contributed by atoms with Gasteiger partial charge in [-0.05, 0) is 55.8 Å². The van der Waals surface area contributed by atoms with Crippen LogP contribution in [0, 0.1) is 6.92 Å². The van der Waals surface area contributed by atoms with E-state index in [9.17, 15) is 9.59 Å². The standard InChI is InChI=1S/C24H23NO4/c1-17-8-12-21(13-9-17)25-23(26)20-10-14-22(15-11-20)29-18(2)24(27)28-16-19-6-4-3-5-7-19/h3-15,18H,16H2,1-2H3,(H,25,26). The summed E-state index contributed by atoms with van der Waals surface area (Å²) in [6.45, 7) is 3.82. The van der Waals surface area contributed by atoms with Gasteiger partial charge in [-0.25, -0.2) is 4.79 Å². The molecule has 0 saturated heterocycles. The Hall–Kier alpha value is -3.60. The highest BCUT2D eigenvalue weighted by Crippen LogP contribution is 2.16. The van der Waals surface area contributed by atoms with Crippen molar-refractivity contribution in [3.8, 4) is 5.75 Å². The molecule has 1 atom stereocenters. The number of rotatable bonds is 7. The number of hydrogen-bond donors (Lipinski definition) is 1. The molecule has 0 fully saturated rings. The number of carbonyl (C=O) groups excluding carboxylic acids is 2.